The number of ether oxygens (including phenoxy) is 2. The van der Waals surface area contributed by atoms with Gasteiger partial charge in [-0.1, -0.05) is 17.7 Å². The Morgan fingerprint density at radius 3 is 3.00 bits per heavy atom. The average molecular weight is 318 g/mol. The van der Waals surface area contributed by atoms with Gasteiger partial charge in [0.2, 0.25) is 5.91 Å². The van der Waals surface area contributed by atoms with E-state index in [1.54, 1.807) is 19.2 Å². The van der Waals surface area contributed by atoms with Crippen molar-refractivity contribution in [2.45, 2.75) is 6.42 Å². The summed E-state index contributed by atoms with van der Waals surface area (Å²) in [5.41, 5.74) is 1.67. The van der Waals surface area contributed by atoms with Crippen LogP contribution in [0.15, 0.2) is 42.5 Å². The van der Waals surface area contributed by atoms with E-state index in [1.807, 2.05) is 30.3 Å². The van der Waals surface area contributed by atoms with Crippen LogP contribution in [0, 0.1) is 5.92 Å². The van der Waals surface area contributed by atoms with Crippen molar-refractivity contribution in [2.75, 3.05) is 19.0 Å². The van der Waals surface area contributed by atoms with Gasteiger partial charge in [0.15, 0.2) is 0 Å². The molecule has 0 aromatic heterocycles. The minimum atomic E-state index is -0.239. The van der Waals surface area contributed by atoms with E-state index in [0.717, 1.165) is 11.3 Å². The summed E-state index contributed by atoms with van der Waals surface area (Å²) in [5.74, 6) is 1.20. The maximum absolute atomic E-state index is 12.4. The Hall–Kier alpha value is -2.20. The van der Waals surface area contributed by atoms with Crippen molar-refractivity contribution in [1.82, 2.24) is 0 Å². The predicted molar refractivity (Wildman–Crippen MR) is 85.8 cm³/mol. The lowest BCUT2D eigenvalue weighted by Crippen LogP contribution is -2.32. The summed E-state index contributed by atoms with van der Waals surface area (Å²) < 4.78 is 10.8. The third-order valence-corrected chi connectivity index (χ3v) is 3.87. The second-order valence-corrected chi connectivity index (χ2v) is 5.62. The predicted octanol–water partition coefficient (Wildman–Crippen LogP) is 3.54. The molecule has 1 aliphatic rings. The molecule has 0 aliphatic carbocycles. The zero-order valence-electron chi connectivity index (χ0n) is 12.1. The van der Waals surface area contributed by atoms with Crippen LogP contribution in [0.4, 0.5) is 5.69 Å². The fourth-order valence-corrected chi connectivity index (χ4v) is 2.67. The maximum Gasteiger partial charge on any atom is 0.231 e. The molecule has 1 N–H and O–H groups in total. The molecule has 2 aromatic carbocycles. The number of hydrogen-bond donors (Lipinski definition) is 1. The van der Waals surface area contributed by atoms with Crippen molar-refractivity contribution in [2.24, 2.45) is 5.92 Å². The van der Waals surface area contributed by atoms with Gasteiger partial charge in [0, 0.05) is 16.8 Å². The van der Waals surface area contributed by atoms with E-state index in [1.165, 1.54) is 0 Å². The molecule has 22 heavy (non-hydrogen) atoms. The lowest BCUT2D eigenvalue weighted by Gasteiger charge is -2.24. The molecule has 4 nitrogen and oxygen atoms in total. The minimum Gasteiger partial charge on any atom is -0.497 e. The molecule has 1 aliphatic heterocycles. The number of benzene rings is 2. The smallest absolute Gasteiger partial charge is 0.231 e. The third kappa shape index (κ3) is 3.17. The van der Waals surface area contributed by atoms with Crippen LogP contribution in [0.2, 0.25) is 5.02 Å². The molecule has 0 saturated heterocycles. The van der Waals surface area contributed by atoms with Crippen LogP contribution < -0.4 is 14.8 Å². The van der Waals surface area contributed by atoms with Crippen molar-refractivity contribution < 1.29 is 14.3 Å². The first-order valence-electron chi connectivity index (χ1n) is 7.02. The standard InChI is InChI=1S/C17H16ClNO3/c1-21-15-4-2-3-14(9-15)19-17(20)12-7-11-8-13(18)5-6-16(11)22-10-12/h2-6,8-9,12H,7,10H2,1H3,(H,19,20). The molecule has 2 aromatic rings. The number of halogens is 1. The Kier molecular flexibility index (Phi) is 4.20. The summed E-state index contributed by atoms with van der Waals surface area (Å²) in [5, 5.41) is 3.55. The molecule has 0 spiro atoms. The zero-order chi connectivity index (χ0) is 15.5. The van der Waals surface area contributed by atoms with Gasteiger partial charge in [0.25, 0.3) is 0 Å². The van der Waals surface area contributed by atoms with Crippen LogP contribution in [0.25, 0.3) is 0 Å². The SMILES string of the molecule is COc1cccc(NC(=O)C2COc3ccc(Cl)cc3C2)c1. The highest BCUT2D eigenvalue weighted by molar-refractivity contribution is 6.30. The number of hydrogen-bond acceptors (Lipinski definition) is 3. The molecular weight excluding hydrogens is 302 g/mol. The van der Waals surface area contributed by atoms with Crippen molar-refractivity contribution in [3.8, 4) is 11.5 Å². The van der Waals surface area contributed by atoms with Crippen molar-refractivity contribution >= 4 is 23.2 Å². The summed E-state index contributed by atoms with van der Waals surface area (Å²) in [6, 6.07) is 12.8. The molecule has 0 radical (unpaired) electrons. The number of carbonyl (C=O) groups is 1. The molecule has 114 valence electrons. The van der Waals surface area contributed by atoms with Gasteiger partial charge in [0.1, 0.15) is 18.1 Å². The summed E-state index contributed by atoms with van der Waals surface area (Å²) >= 11 is 6.00. The Bertz CT molecular complexity index is 702. The van der Waals surface area contributed by atoms with E-state index in [9.17, 15) is 4.79 Å². The average Bonchev–Trinajstić information content (AvgIpc) is 2.54. The molecular formula is C17H16ClNO3. The van der Waals surface area contributed by atoms with Crippen LogP contribution >= 0.6 is 11.6 Å². The molecule has 1 amide bonds. The van der Waals surface area contributed by atoms with E-state index < -0.39 is 0 Å². The van der Waals surface area contributed by atoms with Crippen LogP contribution in [0.1, 0.15) is 5.56 Å². The van der Waals surface area contributed by atoms with Gasteiger partial charge in [-0.2, -0.15) is 0 Å². The fourth-order valence-electron chi connectivity index (χ4n) is 2.48. The molecule has 3 rings (SSSR count). The third-order valence-electron chi connectivity index (χ3n) is 3.64. The van der Waals surface area contributed by atoms with Crippen LogP contribution in [-0.4, -0.2) is 19.6 Å². The number of methoxy groups -OCH3 is 1. The van der Waals surface area contributed by atoms with Gasteiger partial charge in [-0.3, -0.25) is 4.79 Å². The van der Waals surface area contributed by atoms with E-state index >= 15 is 0 Å². The maximum atomic E-state index is 12.4. The monoisotopic (exact) mass is 317 g/mol. The van der Waals surface area contributed by atoms with Gasteiger partial charge in [-0.05, 0) is 42.3 Å². The van der Waals surface area contributed by atoms with E-state index in [2.05, 4.69) is 5.32 Å². The molecule has 1 heterocycles. The number of fused-ring (bicyclic) bond motifs is 1. The largest absolute Gasteiger partial charge is 0.497 e. The van der Waals surface area contributed by atoms with Crippen molar-refractivity contribution in [3.63, 3.8) is 0 Å². The Balaban J connectivity index is 1.71. The highest BCUT2D eigenvalue weighted by Crippen LogP contribution is 2.30. The van der Waals surface area contributed by atoms with Crippen LogP contribution in [0.5, 0.6) is 11.5 Å². The van der Waals surface area contributed by atoms with Crippen molar-refractivity contribution in [3.05, 3.63) is 53.1 Å². The van der Waals surface area contributed by atoms with E-state index in [0.29, 0.717) is 29.5 Å². The first-order chi connectivity index (χ1) is 10.7. The minimum absolute atomic E-state index is 0.0705. The highest BCUT2D eigenvalue weighted by Gasteiger charge is 2.26. The second kappa shape index (κ2) is 6.28. The fraction of sp³-hybridized carbons (Fsp3) is 0.235. The molecule has 0 bridgehead atoms. The lowest BCUT2D eigenvalue weighted by molar-refractivity contribution is -0.121. The Morgan fingerprint density at radius 1 is 1.32 bits per heavy atom. The Labute approximate surface area is 134 Å². The summed E-state index contributed by atoms with van der Waals surface area (Å²) in [6.45, 7) is 0.366. The van der Waals surface area contributed by atoms with E-state index in [-0.39, 0.29) is 11.8 Å². The summed E-state index contributed by atoms with van der Waals surface area (Å²) in [7, 11) is 1.59. The van der Waals surface area contributed by atoms with Crippen molar-refractivity contribution in [1.29, 1.82) is 0 Å². The van der Waals surface area contributed by atoms with Crippen LogP contribution in [0.3, 0.4) is 0 Å². The first-order valence-corrected chi connectivity index (χ1v) is 7.39. The molecule has 0 saturated carbocycles. The molecule has 0 fully saturated rings. The van der Waals surface area contributed by atoms with E-state index in [4.69, 9.17) is 21.1 Å². The van der Waals surface area contributed by atoms with Gasteiger partial charge < -0.3 is 14.8 Å². The molecule has 1 atom stereocenters. The van der Waals surface area contributed by atoms with Gasteiger partial charge in [-0.25, -0.2) is 0 Å². The number of nitrogens with one attached hydrogen (secondary N) is 1. The number of rotatable bonds is 3. The number of carbonyl (C=O) groups excluding carboxylic acids is 1. The summed E-state index contributed by atoms with van der Waals surface area (Å²) in [6.07, 6.45) is 0.617. The number of anilines is 1. The summed E-state index contributed by atoms with van der Waals surface area (Å²) in [4.78, 5) is 12.4. The molecule has 5 heteroatoms. The highest BCUT2D eigenvalue weighted by atomic mass is 35.5. The quantitative estimate of drug-likeness (QED) is 0.942. The normalized spacial score (nSPS) is 16.4. The Morgan fingerprint density at radius 2 is 2.18 bits per heavy atom. The first kappa shape index (κ1) is 14.7. The second-order valence-electron chi connectivity index (χ2n) is 5.19. The zero-order valence-corrected chi connectivity index (χ0v) is 12.9. The number of amides is 1. The van der Waals surface area contributed by atoms with Crippen LogP contribution in [-0.2, 0) is 11.2 Å². The van der Waals surface area contributed by atoms with Gasteiger partial charge in [0.05, 0.1) is 13.0 Å². The molecule has 1 unspecified atom stereocenters. The lowest BCUT2D eigenvalue weighted by atomic mass is 9.96. The van der Waals surface area contributed by atoms with Gasteiger partial charge >= 0.3 is 0 Å². The topological polar surface area (TPSA) is 47.6 Å². The van der Waals surface area contributed by atoms with Gasteiger partial charge in [-0.15, -0.1) is 0 Å².